The number of hydrogen-bond acceptors (Lipinski definition) is 6. The Morgan fingerprint density at radius 2 is 1.92 bits per heavy atom. The molecule has 4 rings (SSSR count). The molecule has 0 aliphatic carbocycles. The quantitative estimate of drug-likeness (QED) is 0.530. The van der Waals surface area contributed by atoms with E-state index in [0.717, 1.165) is 21.4 Å². The Morgan fingerprint density at radius 3 is 2.58 bits per heavy atom. The number of rotatable bonds is 3. The summed E-state index contributed by atoms with van der Waals surface area (Å²) in [7, 11) is 0. The van der Waals surface area contributed by atoms with Gasteiger partial charge in [0.2, 0.25) is 5.89 Å². The van der Waals surface area contributed by atoms with Gasteiger partial charge in [-0.3, -0.25) is 0 Å². The molecule has 0 aliphatic rings. The van der Waals surface area contributed by atoms with Crippen molar-refractivity contribution in [3.8, 4) is 22.7 Å². The highest BCUT2D eigenvalue weighted by Crippen LogP contribution is 2.32. The first-order chi connectivity index (χ1) is 11.6. The second-order valence-corrected chi connectivity index (χ2v) is 6.70. The molecular weight excluding hydrogens is 326 g/mol. The van der Waals surface area contributed by atoms with E-state index in [1.807, 2.05) is 30.3 Å². The van der Waals surface area contributed by atoms with Crippen molar-refractivity contribution in [2.45, 2.75) is 11.8 Å². The largest absolute Gasteiger partial charge is 0.612 e. The molecule has 0 radical (unpaired) electrons. The third-order valence-electron chi connectivity index (χ3n) is 3.70. The van der Waals surface area contributed by atoms with Crippen LogP contribution in [0.3, 0.4) is 0 Å². The molecule has 0 saturated heterocycles. The maximum atomic E-state index is 11.5. The molecule has 120 valence electrons. The number of pyridine rings is 1. The molecular formula is C17H13N3O3S. The van der Waals surface area contributed by atoms with Crippen LogP contribution in [0.15, 0.2) is 56.5 Å². The molecule has 1 unspecified atom stereocenters. The zero-order valence-electron chi connectivity index (χ0n) is 13.0. The summed E-state index contributed by atoms with van der Waals surface area (Å²) in [5, 5.41) is 8.73. The Morgan fingerprint density at radius 1 is 1.12 bits per heavy atom. The maximum Gasteiger partial charge on any atom is 0.266 e. The van der Waals surface area contributed by atoms with E-state index in [1.54, 1.807) is 25.6 Å². The molecule has 0 bridgehead atoms. The van der Waals surface area contributed by atoms with Crippen molar-refractivity contribution in [3.05, 3.63) is 48.7 Å². The topological polar surface area (TPSA) is 88.0 Å². The summed E-state index contributed by atoms with van der Waals surface area (Å²) >= 11 is -0.998. The van der Waals surface area contributed by atoms with Crippen molar-refractivity contribution < 1.29 is 13.4 Å². The minimum atomic E-state index is -0.998. The lowest BCUT2D eigenvalue weighted by Crippen LogP contribution is -1.96. The summed E-state index contributed by atoms with van der Waals surface area (Å²) in [6.07, 6.45) is 4.99. The first-order valence-electron chi connectivity index (χ1n) is 7.23. The zero-order chi connectivity index (χ0) is 16.7. The molecule has 0 spiro atoms. The van der Waals surface area contributed by atoms with Gasteiger partial charge in [-0.1, -0.05) is 0 Å². The molecule has 7 heteroatoms. The smallest absolute Gasteiger partial charge is 0.266 e. The minimum absolute atomic E-state index is 0.373. The Labute approximate surface area is 140 Å². The minimum Gasteiger partial charge on any atom is -0.612 e. The fourth-order valence-electron chi connectivity index (χ4n) is 2.50. The van der Waals surface area contributed by atoms with E-state index in [4.69, 9.17) is 8.83 Å². The standard InChI is InChI=1S/C17H13N3O3S/c1-10-19-20-17(23-10)15-7-13-14(9-22-16(13)8-18-15)11-3-5-12(6-4-11)24(2)21/h3-9H,1-2H3. The highest BCUT2D eigenvalue weighted by atomic mass is 32.2. The van der Waals surface area contributed by atoms with Crippen molar-refractivity contribution in [1.29, 1.82) is 0 Å². The van der Waals surface area contributed by atoms with Gasteiger partial charge < -0.3 is 13.4 Å². The Hall–Kier alpha value is -2.64. The van der Waals surface area contributed by atoms with E-state index >= 15 is 0 Å². The van der Waals surface area contributed by atoms with Crippen LogP contribution in [0.5, 0.6) is 0 Å². The zero-order valence-corrected chi connectivity index (χ0v) is 13.8. The van der Waals surface area contributed by atoms with Gasteiger partial charge in [0.05, 0.1) is 12.5 Å². The summed E-state index contributed by atoms with van der Waals surface area (Å²) in [6.45, 7) is 1.73. The molecule has 0 amide bonds. The van der Waals surface area contributed by atoms with Crippen LogP contribution in [0.2, 0.25) is 0 Å². The number of fused-ring (bicyclic) bond motifs is 1. The highest BCUT2D eigenvalue weighted by molar-refractivity contribution is 7.90. The molecule has 1 aromatic carbocycles. The second kappa shape index (κ2) is 5.77. The lowest BCUT2D eigenvalue weighted by atomic mass is 10.1. The van der Waals surface area contributed by atoms with Crippen LogP contribution in [0.25, 0.3) is 33.7 Å². The monoisotopic (exact) mass is 339 g/mol. The van der Waals surface area contributed by atoms with Gasteiger partial charge in [-0.05, 0) is 47.1 Å². The van der Waals surface area contributed by atoms with Crippen LogP contribution in [-0.2, 0) is 11.2 Å². The fourth-order valence-corrected chi connectivity index (χ4v) is 3.02. The van der Waals surface area contributed by atoms with Crippen molar-refractivity contribution in [3.63, 3.8) is 0 Å². The molecule has 0 aliphatic heterocycles. The molecule has 0 N–H and O–H groups in total. The summed E-state index contributed by atoms with van der Waals surface area (Å²) in [4.78, 5) is 5.09. The fraction of sp³-hybridized carbons (Fsp3) is 0.118. The third kappa shape index (κ3) is 2.57. The number of hydrogen-bond donors (Lipinski definition) is 0. The maximum absolute atomic E-state index is 11.5. The van der Waals surface area contributed by atoms with Crippen LogP contribution < -0.4 is 0 Å². The number of nitrogens with zero attached hydrogens (tertiary/aromatic N) is 3. The van der Waals surface area contributed by atoms with Crippen LogP contribution >= 0.6 is 0 Å². The van der Waals surface area contributed by atoms with Crippen molar-refractivity contribution in [2.75, 3.05) is 6.26 Å². The van der Waals surface area contributed by atoms with Gasteiger partial charge in [-0.25, -0.2) is 4.98 Å². The predicted octanol–water partition coefficient (Wildman–Crippen LogP) is 3.59. The van der Waals surface area contributed by atoms with Crippen LogP contribution in [-0.4, -0.2) is 26.0 Å². The number of benzene rings is 1. The second-order valence-electron chi connectivity index (χ2n) is 5.32. The van der Waals surface area contributed by atoms with Gasteiger partial charge >= 0.3 is 0 Å². The van der Waals surface area contributed by atoms with Crippen LogP contribution in [0.4, 0.5) is 0 Å². The first kappa shape index (κ1) is 14.9. The average molecular weight is 339 g/mol. The Kier molecular flexibility index (Phi) is 3.59. The molecule has 3 heterocycles. The van der Waals surface area contributed by atoms with Crippen molar-refractivity contribution in [1.82, 2.24) is 15.2 Å². The number of aryl methyl sites for hydroxylation is 1. The normalized spacial score (nSPS) is 12.6. The highest BCUT2D eigenvalue weighted by Gasteiger charge is 2.14. The van der Waals surface area contributed by atoms with Crippen LogP contribution in [0.1, 0.15) is 5.89 Å². The van der Waals surface area contributed by atoms with Gasteiger partial charge in [0, 0.05) is 17.9 Å². The van der Waals surface area contributed by atoms with Crippen LogP contribution in [0, 0.1) is 6.92 Å². The van der Waals surface area contributed by atoms with Gasteiger partial charge in [0.15, 0.2) is 10.5 Å². The summed E-state index contributed by atoms with van der Waals surface area (Å²) in [5.41, 5.74) is 3.17. The molecule has 4 aromatic rings. The van der Waals surface area contributed by atoms with E-state index in [1.165, 1.54) is 0 Å². The third-order valence-corrected chi connectivity index (χ3v) is 4.64. The lowest BCUT2D eigenvalue weighted by Gasteiger charge is -2.05. The summed E-state index contributed by atoms with van der Waals surface area (Å²) in [6, 6.07) is 9.43. The summed E-state index contributed by atoms with van der Waals surface area (Å²) in [5.74, 6) is 0.862. The summed E-state index contributed by atoms with van der Waals surface area (Å²) < 4.78 is 22.5. The molecule has 0 saturated carbocycles. The van der Waals surface area contributed by atoms with E-state index in [-0.39, 0.29) is 0 Å². The molecule has 24 heavy (non-hydrogen) atoms. The van der Waals surface area contributed by atoms with E-state index < -0.39 is 11.2 Å². The number of furan rings is 1. The van der Waals surface area contributed by atoms with Gasteiger partial charge in [-0.2, -0.15) is 0 Å². The molecule has 0 fully saturated rings. The average Bonchev–Trinajstić information content (AvgIpc) is 3.20. The van der Waals surface area contributed by atoms with Crippen molar-refractivity contribution >= 4 is 22.1 Å². The van der Waals surface area contributed by atoms with E-state index in [2.05, 4.69) is 15.2 Å². The number of aromatic nitrogens is 3. The Balaban J connectivity index is 1.81. The lowest BCUT2D eigenvalue weighted by molar-refractivity contribution is 0.531. The van der Waals surface area contributed by atoms with Crippen molar-refractivity contribution in [2.24, 2.45) is 0 Å². The van der Waals surface area contributed by atoms with E-state index in [0.29, 0.717) is 23.1 Å². The predicted molar refractivity (Wildman–Crippen MR) is 89.8 cm³/mol. The van der Waals surface area contributed by atoms with Gasteiger partial charge in [0.25, 0.3) is 5.89 Å². The molecule has 1 atom stereocenters. The van der Waals surface area contributed by atoms with E-state index in [9.17, 15) is 4.55 Å². The van der Waals surface area contributed by atoms with Gasteiger partial charge in [-0.15, -0.1) is 10.2 Å². The first-order valence-corrected chi connectivity index (χ1v) is 8.79. The SMILES string of the molecule is Cc1nnc(-c2cc3c(-c4ccc([S+](C)[O-])cc4)coc3cn2)o1. The Bertz CT molecular complexity index is 1010. The molecule has 3 aromatic heterocycles. The van der Waals surface area contributed by atoms with Gasteiger partial charge in [0.1, 0.15) is 11.9 Å². The molecule has 6 nitrogen and oxygen atoms in total.